The minimum absolute atomic E-state index is 0.458. The zero-order chi connectivity index (χ0) is 23.1. The van der Waals surface area contributed by atoms with Crippen LogP contribution in [0, 0.1) is 6.92 Å². The van der Waals surface area contributed by atoms with E-state index in [1.54, 1.807) is 26.0 Å². The van der Waals surface area contributed by atoms with Crippen LogP contribution in [0.3, 0.4) is 0 Å². The summed E-state index contributed by atoms with van der Waals surface area (Å²) in [5.74, 6) is 0.458. The third-order valence-electron chi connectivity index (χ3n) is 4.92. The maximum atomic E-state index is 12.6. The van der Waals surface area contributed by atoms with Crippen LogP contribution in [0.1, 0.15) is 36.8 Å². The zero-order valence-electron chi connectivity index (χ0n) is 18.3. The molecule has 1 unspecified atom stereocenters. The smallest absolute Gasteiger partial charge is 0.412 e. The average molecular weight is 449 g/mol. The largest absolute Gasteiger partial charge is 0.441 e. The normalized spacial score (nSPS) is 12.6. The second-order valence-corrected chi connectivity index (χ2v) is 7.49. The van der Waals surface area contributed by atoms with Gasteiger partial charge in [-0.15, -0.1) is 0 Å². The number of aromatic nitrogens is 1. The molecule has 0 radical (unpaired) electrons. The number of ether oxygens (including phenoxy) is 1. The van der Waals surface area contributed by atoms with E-state index in [0.717, 1.165) is 22.3 Å². The van der Waals surface area contributed by atoms with Crippen LogP contribution >= 0.6 is 11.6 Å². The van der Waals surface area contributed by atoms with Crippen molar-refractivity contribution in [3.05, 3.63) is 101 Å². The fourth-order valence-corrected chi connectivity index (χ4v) is 3.51. The van der Waals surface area contributed by atoms with E-state index >= 15 is 0 Å². The van der Waals surface area contributed by atoms with Gasteiger partial charge in [0.1, 0.15) is 17.5 Å². The van der Waals surface area contributed by atoms with Crippen molar-refractivity contribution in [3.8, 4) is 11.3 Å². The lowest BCUT2D eigenvalue weighted by atomic mass is 10.0. The molecule has 0 bridgehead atoms. The third kappa shape index (κ3) is 5.37. The van der Waals surface area contributed by atoms with Gasteiger partial charge >= 0.3 is 6.09 Å². The van der Waals surface area contributed by atoms with Crippen LogP contribution in [0.25, 0.3) is 16.9 Å². The number of aryl methyl sites for hydroxylation is 1. The number of anilines is 1. The van der Waals surface area contributed by atoms with Crippen molar-refractivity contribution < 1.29 is 14.1 Å². The first-order valence-corrected chi connectivity index (χ1v) is 10.6. The summed E-state index contributed by atoms with van der Waals surface area (Å²) < 4.78 is 11.0. The highest BCUT2D eigenvalue weighted by Gasteiger charge is 2.20. The van der Waals surface area contributed by atoms with Gasteiger partial charge in [-0.05, 0) is 38.0 Å². The second-order valence-electron chi connectivity index (χ2n) is 7.08. The Labute approximate surface area is 193 Å². The van der Waals surface area contributed by atoms with Crippen molar-refractivity contribution in [1.82, 2.24) is 5.16 Å². The third-order valence-corrected chi connectivity index (χ3v) is 5.26. The summed E-state index contributed by atoms with van der Waals surface area (Å²) >= 11 is 6.20. The molecule has 0 spiro atoms. The van der Waals surface area contributed by atoms with Gasteiger partial charge in [0.05, 0.1) is 0 Å². The molecule has 2 aromatic carbocycles. The second kappa shape index (κ2) is 10.6. The molecule has 1 N–H and O–H groups in total. The van der Waals surface area contributed by atoms with E-state index in [2.05, 4.69) is 17.1 Å². The number of halogens is 1. The Bertz CT molecular complexity index is 1160. The van der Waals surface area contributed by atoms with Crippen molar-refractivity contribution in [1.29, 1.82) is 0 Å². The maximum Gasteiger partial charge on any atom is 0.412 e. The highest BCUT2D eigenvalue weighted by Crippen LogP contribution is 2.33. The first-order chi connectivity index (χ1) is 15.4. The van der Waals surface area contributed by atoms with Crippen molar-refractivity contribution in [2.75, 3.05) is 5.32 Å². The molecule has 0 aliphatic carbocycles. The molecule has 0 aliphatic heterocycles. The molecule has 0 saturated heterocycles. The first-order valence-electron chi connectivity index (χ1n) is 10.2. The van der Waals surface area contributed by atoms with Crippen molar-refractivity contribution in [2.24, 2.45) is 0 Å². The van der Waals surface area contributed by atoms with Crippen LogP contribution in [0.15, 0.2) is 83.9 Å². The topological polar surface area (TPSA) is 64.4 Å². The number of rotatable bonds is 7. The molecule has 0 fully saturated rings. The van der Waals surface area contributed by atoms with Crippen LogP contribution in [-0.4, -0.2) is 11.2 Å². The zero-order valence-corrected chi connectivity index (χ0v) is 19.0. The summed E-state index contributed by atoms with van der Waals surface area (Å²) in [6.07, 6.45) is 6.50. The lowest BCUT2D eigenvalue weighted by Gasteiger charge is -2.15. The Morgan fingerprint density at radius 2 is 1.94 bits per heavy atom. The molecule has 3 rings (SSSR count). The van der Waals surface area contributed by atoms with Crippen LogP contribution < -0.4 is 5.32 Å². The van der Waals surface area contributed by atoms with E-state index in [1.807, 2.05) is 67.6 Å². The SMILES string of the molecule is C=C/C=C\C(=C/C)c1ccc(-c2onc(C)c2NC(=O)OC(C)c2ccccc2Cl)cc1. The lowest BCUT2D eigenvalue weighted by Crippen LogP contribution is -2.17. The van der Waals surface area contributed by atoms with Crippen molar-refractivity contribution in [2.45, 2.75) is 26.9 Å². The van der Waals surface area contributed by atoms with Gasteiger partial charge in [-0.1, -0.05) is 90.1 Å². The molecular weight excluding hydrogens is 424 g/mol. The number of amides is 1. The lowest BCUT2D eigenvalue weighted by molar-refractivity contribution is 0.121. The summed E-state index contributed by atoms with van der Waals surface area (Å²) in [6.45, 7) is 9.21. The average Bonchev–Trinajstić information content (AvgIpc) is 3.15. The molecule has 32 heavy (non-hydrogen) atoms. The van der Waals surface area contributed by atoms with Crippen LogP contribution in [0.5, 0.6) is 0 Å². The quantitative estimate of drug-likeness (QED) is 0.375. The number of allylic oxidation sites excluding steroid dienone is 5. The van der Waals surface area contributed by atoms with E-state index in [0.29, 0.717) is 22.2 Å². The summed E-state index contributed by atoms with van der Waals surface area (Å²) in [7, 11) is 0. The molecule has 0 aliphatic rings. The summed E-state index contributed by atoms with van der Waals surface area (Å²) in [4.78, 5) is 12.6. The Hall–Kier alpha value is -3.57. The number of nitrogens with zero attached hydrogens (tertiary/aromatic N) is 1. The fourth-order valence-electron chi connectivity index (χ4n) is 3.22. The highest BCUT2D eigenvalue weighted by atomic mass is 35.5. The van der Waals surface area contributed by atoms with Gasteiger partial charge in [-0.2, -0.15) is 0 Å². The van der Waals surface area contributed by atoms with Crippen LogP contribution in [0.2, 0.25) is 5.02 Å². The number of nitrogens with one attached hydrogen (secondary N) is 1. The first kappa shape index (κ1) is 23.1. The van der Waals surface area contributed by atoms with Crippen LogP contribution in [0.4, 0.5) is 10.5 Å². The summed E-state index contributed by atoms with van der Waals surface area (Å²) in [6, 6.07) is 15.1. The molecule has 1 heterocycles. The van der Waals surface area contributed by atoms with E-state index in [4.69, 9.17) is 20.9 Å². The van der Waals surface area contributed by atoms with E-state index in [1.165, 1.54) is 0 Å². The van der Waals surface area contributed by atoms with Gasteiger partial charge in [0.25, 0.3) is 0 Å². The van der Waals surface area contributed by atoms with Gasteiger partial charge < -0.3 is 9.26 Å². The maximum absolute atomic E-state index is 12.6. The molecule has 1 aromatic heterocycles. The predicted molar refractivity (Wildman–Crippen MR) is 130 cm³/mol. The Morgan fingerprint density at radius 3 is 2.59 bits per heavy atom. The standard InChI is InChI=1S/C26H25ClN2O3/c1-5-7-10-19(6-2)20-13-15-21(16-14-20)25-24(17(3)29-32-25)28-26(30)31-18(4)22-11-8-9-12-23(22)27/h5-16,18H,1H2,2-4H3,(H,28,30)/b10-7-,19-6+. The summed E-state index contributed by atoms with van der Waals surface area (Å²) in [5.41, 5.74) is 4.65. The number of carbonyl (C=O) groups excluding carboxylic acids is 1. The molecule has 3 aromatic rings. The molecule has 1 amide bonds. The van der Waals surface area contributed by atoms with E-state index in [9.17, 15) is 4.79 Å². The van der Waals surface area contributed by atoms with Crippen molar-refractivity contribution in [3.63, 3.8) is 0 Å². The minimum Gasteiger partial charge on any atom is -0.441 e. The van der Waals surface area contributed by atoms with Gasteiger partial charge in [0.2, 0.25) is 0 Å². The molecule has 1 atom stereocenters. The van der Waals surface area contributed by atoms with Gasteiger partial charge in [0, 0.05) is 16.1 Å². The number of carbonyl (C=O) groups is 1. The summed E-state index contributed by atoms with van der Waals surface area (Å²) in [5, 5.41) is 7.31. The number of hydrogen-bond acceptors (Lipinski definition) is 4. The molecule has 0 saturated carbocycles. The minimum atomic E-state index is -0.618. The Balaban J connectivity index is 1.78. The van der Waals surface area contributed by atoms with E-state index in [-0.39, 0.29) is 0 Å². The monoisotopic (exact) mass is 448 g/mol. The van der Waals surface area contributed by atoms with Gasteiger partial charge in [-0.3, -0.25) is 5.32 Å². The molecule has 5 nitrogen and oxygen atoms in total. The molecule has 6 heteroatoms. The van der Waals surface area contributed by atoms with Gasteiger partial charge in [-0.25, -0.2) is 4.79 Å². The molecular formula is C26H25ClN2O3. The Kier molecular flexibility index (Phi) is 7.68. The number of benzene rings is 2. The Morgan fingerprint density at radius 1 is 1.22 bits per heavy atom. The predicted octanol–water partition coefficient (Wildman–Crippen LogP) is 7.76. The highest BCUT2D eigenvalue weighted by molar-refractivity contribution is 6.31. The van der Waals surface area contributed by atoms with E-state index < -0.39 is 12.2 Å². The number of hydrogen-bond donors (Lipinski definition) is 1. The fraction of sp³-hybridized carbons (Fsp3) is 0.154. The van der Waals surface area contributed by atoms with Crippen molar-refractivity contribution >= 4 is 29.0 Å². The van der Waals surface area contributed by atoms with Gasteiger partial charge in [0.15, 0.2) is 5.76 Å². The van der Waals surface area contributed by atoms with Crippen LogP contribution in [-0.2, 0) is 4.74 Å². The molecule has 164 valence electrons.